The quantitative estimate of drug-likeness (QED) is 0.345. The predicted octanol–water partition coefficient (Wildman–Crippen LogP) is 6.16. The molecule has 3 aromatic rings. The van der Waals surface area contributed by atoms with Crippen LogP contribution in [-0.2, 0) is 9.53 Å². The summed E-state index contributed by atoms with van der Waals surface area (Å²) in [7, 11) is 0. The van der Waals surface area contributed by atoms with Crippen LogP contribution >= 0.6 is 11.6 Å². The summed E-state index contributed by atoms with van der Waals surface area (Å²) in [6.07, 6.45) is -2.69. The van der Waals surface area contributed by atoms with E-state index in [1.54, 1.807) is 12.1 Å². The molecule has 0 saturated carbocycles. The molecule has 2 aliphatic rings. The highest BCUT2D eigenvalue weighted by Gasteiger charge is 2.30. The summed E-state index contributed by atoms with van der Waals surface area (Å²) < 4.78 is 31.7. The van der Waals surface area contributed by atoms with Crippen molar-refractivity contribution in [1.29, 1.82) is 0 Å². The maximum Gasteiger partial charge on any atom is 0.263 e. The molecule has 8 heteroatoms. The van der Waals surface area contributed by atoms with E-state index < -0.39 is 12.3 Å². The van der Waals surface area contributed by atoms with Gasteiger partial charge in [-0.15, -0.1) is 0 Å². The molecule has 0 aliphatic carbocycles. The van der Waals surface area contributed by atoms with E-state index in [4.69, 9.17) is 16.3 Å². The number of alkyl halides is 2. The van der Waals surface area contributed by atoms with Gasteiger partial charge in [-0.3, -0.25) is 4.79 Å². The Kier molecular flexibility index (Phi) is 5.98. The molecule has 174 valence electrons. The van der Waals surface area contributed by atoms with Gasteiger partial charge in [0.15, 0.2) is 0 Å². The van der Waals surface area contributed by atoms with Crippen molar-refractivity contribution in [3.63, 3.8) is 0 Å². The van der Waals surface area contributed by atoms with Gasteiger partial charge in [0.25, 0.3) is 12.3 Å². The van der Waals surface area contributed by atoms with Gasteiger partial charge in [-0.05, 0) is 35.9 Å². The van der Waals surface area contributed by atoms with Crippen molar-refractivity contribution < 1.29 is 23.4 Å². The van der Waals surface area contributed by atoms with Gasteiger partial charge >= 0.3 is 0 Å². The second-order valence-corrected chi connectivity index (χ2v) is 8.54. The minimum Gasteiger partial charge on any atom is -0.506 e. The van der Waals surface area contributed by atoms with E-state index in [-0.39, 0.29) is 22.5 Å². The molecule has 1 amide bonds. The van der Waals surface area contributed by atoms with Gasteiger partial charge in [-0.2, -0.15) is 0 Å². The van der Waals surface area contributed by atoms with Crippen molar-refractivity contribution in [1.82, 2.24) is 0 Å². The summed E-state index contributed by atoms with van der Waals surface area (Å²) in [5.41, 5.74) is 3.46. The van der Waals surface area contributed by atoms with Gasteiger partial charge in [0, 0.05) is 41.0 Å². The molecule has 1 saturated heterocycles. The number of anilines is 2. The molecule has 0 spiro atoms. The third-order valence-electron chi connectivity index (χ3n) is 6.06. The number of nitrogens with zero attached hydrogens (tertiary/aromatic N) is 1. The lowest BCUT2D eigenvalue weighted by Gasteiger charge is -2.29. The van der Waals surface area contributed by atoms with E-state index in [0.29, 0.717) is 35.1 Å². The first kappa shape index (κ1) is 22.4. The van der Waals surface area contributed by atoms with E-state index in [2.05, 4.69) is 10.2 Å². The summed E-state index contributed by atoms with van der Waals surface area (Å²) in [6.45, 7) is 3.04. The number of hydrogen-bond acceptors (Lipinski definition) is 4. The Balaban J connectivity index is 1.54. The standard InChI is InChI=1S/C26H21ClF2N2O3/c27-21-14-22-20(13-19(21)15-4-6-18(7-5-15)31-8-10-34-11-9-31)23(26(33)30-22)24(32)16-2-1-3-17(12-16)25(28)29/h1-7,12-14,25,32H,8-11H2,(H,30,33). The fraction of sp³-hybridized carbons (Fsp3) is 0.192. The summed E-state index contributed by atoms with van der Waals surface area (Å²) in [4.78, 5) is 15.0. The number of carbonyl (C=O) groups excluding carboxylic acids is 1. The number of halogens is 3. The van der Waals surface area contributed by atoms with Crippen molar-refractivity contribution >= 4 is 40.2 Å². The molecule has 0 unspecified atom stereocenters. The van der Waals surface area contributed by atoms with Crippen LogP contribution in [0.5, 0.6) is 0 Å². The molecule has 0 radical (unpaired) electrons. The molecule has 0 bridgehead atoms. The maximum atomic E-state index is 13.1. The van der Waals surface area contributed by atoms with E-state index in [1.807, 2.05) is 24.3 Å². The first-order valence-electron chi connectivity index (χ1n) is 10.8. The van der Waals surface area contributed by atoms with Crippen LogP contribution in [0.25, 0.3) is 22.5 Å². The SMILES string of the molecule is O=C1Nc2cc(Cl)c(-c3ccc(N4CCOCC4)cc3)cc2C1=C(O)c1cccc(C(F)F)c1. The zero-order valence-corrected chi connectivity index (χ0v) is 18.8. The molecular formula is C26H21ClF2N2O3. The zero-order chi connectivity index (χ0) is 23.8. The van der Waals surface area contributed by atoms with Crippen molar-refractivity contribution in [3.05, 3.63) is 82.4 Å². The number of nitrogens with one attached hydrogen (secondary N) is 1. The summed E-state index contributed by atoms with van der Waals surface area (Å²) in [6, 6.07) is 16.7. The van der Waals surface area contributed by atoms with Gasteiger partial charge in [-0.25, -0.2) is 8.78 Å². The molecule has 2 aliphatic heterocycles. The highest BCUT2D eigenvalue weighted by molar-refractivity contribution is 6.38. The lowest BCUT2D eigenvalue weighted by Crippen LogP contribution is -2.36. The van der Waals surface area contributed by atoms with E-state index in [0.717, 1.165) is 24.3 Å². The first-order chi connectivity index (χ1) is 16.4. The summed E-state index contributed by atoms with van der Waals surface area (Å²) >= 11 is 6.54. The average molecular weight is 483 g/mol. The van der Waals surface area contributed by atoms with Crippen molar-refractivity contribution in [2.75, 3.05) is 36.5 Å². The number of rotatable bonds is 4. The highest BCUT2D eigenvalue weighted by Crippen LogP contribution is 2.42. The van der Waals surface area contributed by atoms with Crippen LogP contribution < -0.4 is 10.2 Å². The van der Waals surface area contributed by atoms with E-state index in [1.165, 1.54) is 24.3 Å². The lowest BCUT2D eigenvalue weighted by molar-refractivity contribution is -0.110. The number of aliphatic hydroxyl groups is 1. The summed E-state index contributed by atoms with van der Waals surface area (Å²) in [5, 5.41) is 14.0. The fourth-order valence-electron chi connectivity index (χ4n) is 4.29. The fourth-order valence-corrected chi connectivity index (χ4v) is 4.56. The highest BCUT2D eigenvalue weighted by atomic mass is 35.5. The largest absolute Gasteiger partial charge is 0.506 e. The Labute approximate surface area is 200 Å². The van der Waals surface area contributed by atoms with E-state index in [9.17, 15) is 18.7 Å². The number of benzene rings is 3. The normalized spacial score (nSPS) is 17.1. The number of morpholine rings is 1. The number of amides is 1. The molecule has 0 atom stereocenters. The van der Waals surface area contributed by atoms with Gasteiger partial charge in [-0.1, -0.05) is 41.9 Å². The predicted molar refractivity (Wildman–Crippen MR) is 129 cm³/mol. The van der Waals surface area contributed by atoms with E-state index >= 15 is 0 Å². The molecule has 3 aromatic carbocycles. The molecule has 2 N–H and O–H groups in total. The van der Waals surface area contributed by atoms with Crippen LogP contribution in [0.1, 0.15) is 23.1 Å². The Morgan fingerprint density at radius 3 is 2.47 bits per heavy atom. The number of ether oxygens (including phenoxy) is 1. The Morgan fingerprint density at radius 1 is 1.03 bits per heavy atom. The second-order valence-electron chi connectivity index (χ2n) is 8.13. The van der Waals surface area contributed by atoms with Crippen molar-refractivity contribution in [3.8, 4) is 11.1 Å². The van der Waals surface area contributed by atoms with Crippen LogP contribution in [0.3, 0.4) is 0 Å². The van der Waals surface area contributed by atoms with Gasteiger partial charge in [0.1, 0.15) is 5.76 Å². The first-order valence-corrected chi connectivity index (χ1v) is 11.2. The number of carbonyl (C=O) groups is 1. The van der Waals surface area contributed by atoms with Gasteiger partial charge in [0.2, 0.25) is 0 Å². The molecule has 0 aromatic heterocycles. The second kappa shape index (κ2) is 9.08. The Bertz CT molecular complexity index is 1290. The lowest BCUT2D eigenvalue weighted by atomic mass is 9.96. The Morgan fingerprint density at radius 2 is 1.76 bits per heavy atom. The summed E-state index contributed by atoms with van der Waals surface area (Å²) in [5.74, 6) is -0.888. The molecule has 1 fully saturated rings. The zero-order valence-electron chi connectivity index (χ0n) is 18.0. The topological polar surface area (TPSA) is 61.8 Å². The van der Waals surface area contributed by atoms with Crippen LogP contribution in [0.15, 0.2) is 60.7 Å². The third kappa shape index (κ3) is 4.13. The van der Waals surface area contributed by atoms with Gasteiger partial charge in [0.05, 0.1) is 29.5 Å². The Hall–Kier alpha value is -3.42. The molecule has 2 heterocycles. The third-order valence-corrected chi connectivity index (χ3v) is 6.37. The van der Waals surface area contributed by atoms with Crippen molar-refractivity contribution in [2.24, 2.45) is 0 Å². The van der Waals surface area contributed by atoms with Crippen LogP contribution in [0, 0.1) is 0 Å². The maximum absolute atomic E-state index is 13.1. The van der Waals surface area contributed by atoms with Crippen LogP contribution in [-0.4, -0.2) is 37.3 Å². The number of hydrogen-bond donors (Lipinski definition) is 2. The monoisotopic (exact) mass is 482 g/mol. The minimum atomic E-state index is -2.69. The minimum absolute atomic E-state index is 0.0178. The number of aliphatic hydroxyl groups excluding tert-OH is 1. The average Bonchev–Trinajstić information content (AvgIpc) is 3.18. The number of fused-ring (bicyclic) bond motifs is 1. The van der Waals surface area contributed by atoms with Crippen LogP contribution in [0.2, 0.25) is 5.02 Å². The molecule has 5 nitrogen and oxygen atoms in total. The van der Waals surface area contributed by atoms with Crippen LogP contribution in [0.4, 0.5) is 20.2 Å². The molecular weight excluding hydrogens is 462 g/mol. The van der Waals surface area contributed by atoms with Crippen molar-refractivity contribution in [2.45, 2.75) is 6.43 Å². The molecule has 5 rings (SSSR count). The smallest absolute Gasteiger partial charge is 0.263 e. The molecule has 34 heavy (non-hydrogen) atoms. The van der Waals surface area contributed by atoms with Gasteiger partial charge < -0.3 is 20.1 Å².